The molecular formula is C16H24N2O3. The molecule has 2 N–H and O–H groups in total. The summed E-state index contributed by atoms with van der Waals surface area (Å²) in [4.78, 5) is 14.4. The number of carbonyl (C=O) groups is 1. The van der Waals surface area contributed by atoms with Gasteiger partial charge in [-0.1, -0.05) is 12.1 Å². The van der Waals surface area contributed by atoms with Crippen molar-refractivity contribution in [2.75, 3.05) is 32.3 Å². The predicted octanol–water partition coefficient (Wildman–Crippen LogP) is 1.73. The first-order valence-electron chi connectivity index (χ1n) is 7.40. The summed E-state index contributed by atoms with van der Waals surface area (Å²) >= 11 is 0. The number of anilines is 1. The van der Waals surface area contributed by atoms with E-state index in [2.05, 4.69) is 0 Å². The summed E-state index contributed by atoms with van der Waals surface area (Å²) in [6.07, 6.45) is 3.34. The summed E-state index contributed by atoms with van der Waals surface area (Å²) in [5.41, 5.74) is 8.09. The van der Waals surface area contributed by atoms with Gasteiger partial charge in [0.2, 0.25) is 5.91 Å². The number of hydrogen-bond acceptors (Lipinski definition) is 4. The second-order valence-electron chi connectivity index (χ2n) is 5.30. The number of aryl methyl sites for hydroxylation is 1. The van der Waals surface area contributed by atoms with Crippen molar-refractivity contribution in [3.63, 3.8) is 0 Å². The summed E-state index contributed by atoms with van der Waals surface area (Å²) < 4.78 is 10.4. The molecule has 2 rings (SSSR count). The van der Waals surface area contributed by atoms with Crippen molar-refractivity contribution >= 4 is 11.6 Å². The Kier molecular flexibility index (Phi) is 5.59. The van der Waals surface area contributed by atoms with Crippen molar-refractivity contribution in [1.29, 1.82) is 0 Å². The number of ether oxygens (including phenoxy) is 2. The van der Waals surface area contributed by atoms with Crippen molar-refractivity contribution in [2.24, 2.45) is 5.73 Å². The van der Waals surface area contributed by atoms with Crippen molar-refractivity contribution in [3.05, 3.63) is 23.8 Å². The highest BCUT2D eigenvalue weighted by Crippen LogP contribution is 2.36. The van der Waals surface area contributed by atoms with Crippen molar-refractivity contribution in [2.45, 2.75) is 31.7 Å². The van der Waals surface area contributed by atoms with Crippen LogP contribution in [0, 0.1) is 0 Å². The fraction of sp³-hybridized carbons (Fsp3) is 0.562. The number of methoxy groups -OCH3 is 2. The maximum absolute atomic E-state index is 12.6. The zero-order chi connectivity index (χ0) is 15.2. The van der Waals surface area contributed by atoms with Gasteiger partial charge in [-0.15, -0.1) is 0 Å². The molecular weight excluding hydrogens is 268 g/mol. The van der Waals surface area contributed by atoms with E-state index in [4.69, 9.17) is 15.2 Å². The molecule has 1 atom stereocenters. The molecule has 0 fully saturated rings. The van der Waals surface area contributed by atoms with E-state index in [9.17, 15) is 4.79 Å². The Morgan fingerprint density at radius 3 is 2.95 bits per heavy atom. The Morgan fingerprint density at radius 1 is 1.43 bits per heavy atom. The normalized spacial score (nSPS) is 15.5. The van der Waals surface area contributed by atoms with Crippen LogP contribution in [0.2, 0.25) is 0 Å². The maximum atomic E-state index is 12.6. The molecule has 116 valence electrons. The minimum absolute atomic E-state index is 0.0310. The molecule has 5 nitrogen and oxygen atoms in total. The lowest BCUT2D eigenvalue weighted by Crippen LogP contribution is -2.46. The zero-order valence-corrected chi connectivity index (χ0v) is 12.8. The number of nitrogens with two attached hydrogens (primary N) is 1. The van der Waals surface area contributed by atoms with Crippen LogP contribution in [0.5, 0.6) is 5.75 Å². The largest absolute Gasteiger partial charge is 0.495 e. The van der Waals surface area contributed by atoms with Gasteiger partial charge in [0.15, 0.2) is 0 Å². The van der Waals surface area contributed by atoms with Gasteiger partial charge in [-0.25, -0.2) is 0 Å². The molecule has 1 aliphatic heterocycles. The number of rotatable bonds is 6. The van der Waals surface area contributed by atoms with Gasteiger partial charge in [0, 0.05) is 20.3 Å². The molecule has 1 unspecified atom stereocenters. The van der Waals surface area contributed by atoms with E-state index in [0.717, 1.165) is 36.3 Å². The first-order chi connectivity index (χ1) is 10.2. The molecule has 1 aromatic carbocycles. The monoisotopic (exact) mass is 292 g/mol. The highest BCUT2D eigenvalue weighted by atomic mass is 16.5. The molecule has 1 heterocycles. The summed E-state index contributed by atoms with van der Waals surface area (Å²) in [5, 5.41) is 0. The average Bonchev–Trinajstić information content (AvgIpc) is 2.53. The molecule has 0 bridgehead atoms. The Balaban J connectivity index is 2.17. The smallest absolute Gasteiger partial charge is 0.244 e. The van der Waals surface area contributed by atoms with Crippen molar-refractivity contribution in [1.82, 2.24) is 0 Å². The third kappa shape index (κ3) is 3.54. The SMILES string of the molecule is COCCCC(N)C(=O)N1CCCc2cccc(OC)c21. The molecule has 5 heteroatoms. The van der Waals surface area contributed by atoms with Crippen LogP contribution in [-0.4, -0.2) is 39.3 Å². The molecule has 0 saturated carbocycles. The average molecular weight is 292 g/mol. The van der Waals surface area contributed by atoms with Gasteiger partial charge in [-0.3, -0.25) is 4.79 Å². The van der Waals surface area contributed by atoms with E-state index in [1.807, 2.05) is 18.2 Å². The quantitative estimate of drug-likeness (QED) is 0.811. The standard InChI is InChI=1S/C16H24N2O3/c1-20-11-5-8-13(17)16(19)18-10-4-7-12-6-3-9-14(21-2)15(12)18/h3,6,9,13H,4-5,7-8,10-11,17H2,1-2H3. The molecule has 1 aliphatic rings. The van der Waals surface area contributed by atoms with Crippen LogP contribution in [0.1, 0.15) is 24.8 Å². The van der Waals surface area contributed by atoms with Crippen LogP contribution >= 0.6 is 0 Å². The van der Waals surface area contributed by atoms with Gasteiger partial charge in [0.1, 0.15) is 5.75 Å². The minimum Gasteiger partial charge on any atom is -0.495 e. The zero-order valence-electron chi connectivity index (χ0n) is 12.8. The Hall–Kier alpha value is -1.59. The van der Waals surface area contributed by atoms with E-state index in [0.29, 0.717) is 19.6 Å². The third-order valence-electron chi connectivity index (χ3n) is 3.85. The number of amides is 1. The Bertz CT molecular complexity index is 476. The number of para-hydroxylation sites is 1. The number of benzene rings is 1. The Morgan fingerprint density at radius 2 is 2.24 bits per heavy atom. The first kappa shape index (κ1) is 15.8. The number of hydrogen-bond donors (Lipinski definition) is 1. The third-order valence-corrected chi connectivity index (χ3v) is 3.85. The van der Waals surface area contributed by atoms with E-state index in [-0.39, 0.29) is 5.91 Å². The lowest BCUT2D eigenvalue weighted by atomic mass is 9.99. The van der Waals surface area contributed by atoms with Crippen LogP contribution < -0.4 is 15.4 Å². The van der Waals surface area contributed by atoms with Gasteiger partial charge in [-0.2, -0.15) is 0 Å². The van der Waals surface area contributed by atoms with E-state index in [1.165, 1.54) is 0 Å². The molecule has 0 aromatic heterocycles. The summed E-state index contributed by atoms with van der Waals surface area (Å²) in [6, 6.07) is 5.41. The van der Waals surface area contributed by atoms with Gasteiger partial charge >= 0.3 is 0 Å². The van der Waals surface area contributed by atoms with Crippen molar-refractivity contribution in [3.8, 4) is 5.75 Å². The lowest BCUT2D eigenvalue weighted by Gasteiger charge is -2.32. The van der Waals surface area contributed by atoms with E-state index < -0.39 is 6.04 Å². The van der Waals surface area contributed by atoms with Crippen molar-refractivity contribution < 1.29 is 14.3 Å². The highest BCUT2D eigenvalue weighted by Gasteiger charge is 2.28. The summed E-state index contributed by atoms with van der Waals surface area (Å²) in [6.45, 7) is 1.32. The highest BCUT2D eigenvalue weighted by molar-refractivity contribution is 5.99. The van der Waals surface area contributed by atoms with Gasteiger partial charge in [-0.05, 0) is 37.3 Å². The minimum atomic E-state index is -0.490. The lowest BCUT2D eigenvalue weighted by molar-refractivity contribution is -0.120. The maximum Gasteiger partial charge on any atom is 0.244 e. The summed E-state index contributed by atoms with van der Waals surface area (Å²) in [7, 11) is 3.28. The fourth-order valence-electron chi connectivity index (χ4n) is 2.77. The molecule has 0 spiro atoms. The van der Waals surface area contributed by atoms with Crippen LogP contribution in [0.4, 0.5) is 5.69 Å². The number of nitrogens with zero attached hydrogens (tertiary/aromatic N) is 1. The molecule has 0 aliphatic carbocycles. The van der Waals surface area contributed by atoms with Crippen LogP contribution in [0.15, 0.2) is 18.2 Å². The van der Waals surface area contributed by atoms with Gasteiger partial charge in [0.25, 0.3) is 0 Å². The molecule has 0 radical (unpaired) electrons. The van der Waals surface area contributed by atoms with Crippen LogP contribution in [0.3, 0.4) is 0 Å². The molecule has 21 heavy (non-hydrogen) atoms. The van der Waals surface area contributed by atoms with Gasteiger partial charge in [0.05, 0.1) is 18.8 Å². The van der Waals surface area contributed by atoms with Crippen LogP contribution in [-0.2, 0) is 16.0 Å². The van der Waals surface area contributed by atoms with Crippen LogP contribution in [0.25, 0.3) is 0 Å². The van der Waals surface area contributed by atoms with Gasteiger partial charge < -0.3 is 20.1 Å². The molecule has 1 amide bonds. The molecule has 0 saturated heterocycles. The second kappa shape index (κ2) is 7.43. The molecule has 1 aromatic rings. The summed E-state index contributed by atoms with van der Waals surface area (Å²) in [5.74, 6) is 0.709. The predicted molar refractivity (Wildman–Crippen MR) is 82.8 cm³/mol. The van der Waals surface area contributed by atoms with E-state index >= 15 is 0 Å². The Labute approximate surface area is 126 Å². The number of carbonyl (C=O) groups excluding carboxylic acids is 1. The first-order valence-corrected chi connectivity index (χ1v) is 7.40. The number of fused-ring (bicyclic) bond motifs is 1. The second-order valence-corrected chi connectivity index (χ2v) is 5.30. The van der Waals surface area contributed by atoms with E-state index in [1.54, 1.807) is 19.1 Å². The fourth-order valence-corrected chi connectivity index (χ4v) is 2.77. The topological polar surface area (TPSA) is 64.8 Å².